The molecule has 2 atom stereocenters. The van der Waals surface area contributed by atoms with Gasteiger partial charge in [-0.1, -0.05) is 0 Å². The molecule has 0 bridgehead atoms. The summed E-state index contributed by atoms with van der Waals surface area (Å²) in [6, 6.07) is 7.52. The Morgan fingerprint density at radius 1 is 1.44 bits per heavy atom. The molecule has 0 spiro atoms. The summed E-state index contributed by atoms with van der Waals surface area (Å²) < 4.78 is 16.3. The summed E-state index contributed by atoms with van der Waals surface area (Å²) in [4.78, 5) is 0. The van der Waals surface area contributed by atoms with E-state index in [1.54, 1.807) is 7.11 Å². The number of hydrogen-bond donors (Lipinski definition) is 1. The molecule has 1 fully saturated rings. The number of benzene rings is 1. The van der Waals surface area contributed by atoms with E-state index in [0.29, 0.717) is 6.61 Å². The van der Waals surface area contributed by atoms with E-state index in [1.165, 1.54) is 0 Å². The number of hydrogen-bond acceptors (Lipinski definition) is 4. The topological polar surface area (TPSA) is 47.9 Å². The molecular formula is C12H16O4. The first-order valence-corrected chi connectivity index (χ1v) is 5.25. The second-order valence-corrected chi connectivity index (χ2v) is 3.91. The van der Waals surface area contributed by atoms with Crippen LogP contribution in [0, 0.1) is 0 Å². The van der Waals surface area contributed by atoms with E-state index in [9.17, 15) is 0 Å². The Balaban J connectivity index is 2.17. The van der Waals surface area contributed by atoms with E-state index < -0.39 is 5.79 Å². The van der Waals surface area contributed by atoms with Crippen LogP contribution in [-0.4, -0.2) is 31.5 Å². The zero-order valence-corrected chi connectivity index (χ0v) is 9.47. The Morgan fingerprint density at radius 3 is 2.62 bits per heavy atom. The van der Waals surface area contributed by atoms with Crippen molar-refractivity contribution in [2.24, 2.45) is 0 Å². The fourth-order valence-electron chi connectivity index (χ4n) is 1.77. The second kappa shape index (κ2) is 4.41. The van der Waals surface area contributed by atoms with Gasteiger partial charge in [0.25, 0.3) is 0 Å². The van der Waals surface area contributed by atoms with E-state index in [2.05, 4.69) is 0 Å². The van der Waals surface area contributed by atoms with Gasteiger partial charge in [-0.15, -0.1) is 0 Å². The molecular weight excluding hydrogens is 208 g/mol. The summed E-state index contributed by atoms with van der Waals surface area (Å²) in [5.41, 5.74) is 0.921. The van der Waals surface area contributed by atoms with E-state index >= 15 is 0 Å². The fourth-order valence-corrected chi connectivity index (χ4v) is 1.77. The number of rotatable bonds is 3. The lowest BCUT2D eigenvalue weighted by Gasteiger charge is -2.23. The molecule has 0 aliphatic carbocycles. The van der Waals surface area contributed by atoms with E-state index in [1.807, 2.05) is 31.2 Å². The summed E-state index contributed by atoms with van der Waals surface area (Å²) in [6.45, 7) is 2.25. The number of aliphatic hydroxyl groups is 1. The van der Waals surface area contributed by atoms with Crippen LogP contribution in [0.5, 0.6) is 5.75 Å². The van der Waals surface area contributed by atoms with Crippen molar-refractivity contribution in [3.8, 4) is 5.75 Å². The Hall–Kier alpha value is -1.10. The molecule has 4 heteroatoms. The largest absolute Gasteiger partial charge is 0.497 e. The van der Waals surface area contributed by atoms with Crippen LogP contribution in [0.2, 0.25) is 0 Å². The van der Waals surface area contributed by atoms with Crippen LogP contribution in [0.25, 0.3) is 0 Å². The zero-order chi connectivity index (χ0) is 11.6. The molecule has 0 radical (unpaired) electrons. The van der Waals surface area contributed by atoms with Gasteiger partial charge in [-0.2, -0.15) is 0 Å². The molecule has 1 aromatic carbocycles. The van der Waals surface area contributed by atoms with Crippen LogP contribution in [0.4, 0.5) is 0 Å². The van der Waals surface area contributed by atoms with Crippen molar-refractivity contribution >= 4 is 0 Å². The third-order valence-electron chi connectivity index (χ3n) is 2.75. The molecule has 0 aromatic heterocycles. The van der Waals surface area contributed by atoms with E-state index in [-0.39, 0.29) is 12.7 Å². The highest BCUT2D eigenvalue weighted by Gasteiger charge is 2.38. The van der Waals surface area contributed by atoms with Crippen LogP contribution < -0.4 is 4.74 Å². The smallest absolute Gasteiger partial charge is 0.192 e. The molecule has 1 aliphatic rings. The molecule has 1 aliphatic heterocycles. The number of methoxy groups -OCH3 is 1. The van der Waals surface area contributed by atoms with Crippen LogP contribution >= 0.6 is 0 Å². The molecule has 1 saturated heterocycles. The van der Waals surface area contributed by atoms with Gasteiger partial charge in [-0.3, -0.25) is 0 Å². The van der Waals surface area contributed by atoms with Gasteiger partial charge < -0.3 is 19.3 Å². The van der Waals surface area contributed by atoms with Gasteiger partial charge >= 0.3 is 0 Å². The maximum absolute atomic E-state index is 9.00. The molecule has 2 rings (SSSR count). The van der Waals surface area contributed by atoms with Crippen LogP contribution in [-0.2, 0) is 15.3 Å². The lowest BCUT2D eigenvalue weighted by Crippen LogP contribution is -2.24. The summed E-state index contributed by atoms with van der Waals surface area (Å²) in [7, 11) is 1.63. The van der Waals surface area contributed by atoms with Gasteiger partial charge in [0, 0.05) is 5.56 Å². The number of aliphatic hydroxyl groups excluding tert-OH is 1. The van der Waals surface area contributed by atoms with E-state index in [4.69, 9.17) is 19.3 Å². The molecule has 0 amide bonds. The van der Waals surface area contributed by atoms with Crippen molar-refractivity contribution in [3.63, 3.8) is 0 Å². The molecule has 2 unspecified atom stereocenters. The highest BCUT2D eigenvalue weighted by Crippen LogP contribution is 2.34. The van der Waals surface area contributed by atoms with E-state index in [0.717, 1.165) is 11.3 Å². The Labute approximate surface area is 94.8 Å². The zero-order valence-electron chi connectivity index (χ0n) is 9.47. The molecule has 0 saturated carbocycles. The first-order valence-electron chi connectivity index (χ1n) is 5.25. The third kappa shape index (κ3) is 2.04. The molecule has 16 heavy (non-hydrogen) atoms. The molecule has 1 heterocycles. The highest BCUT2D eigenvalue weighted by molar-refractivity contribution is 5.29. The van der Waals surface area contributed by atoms with Crippen molar-refractivity contribution in [3.05, 3.63) is 29.8 Å². The molecule has 88 valence electrons. The standard InChI is InChI=1S/C12H16O4/c1-12(15-8-11(7-13)16-12)9-3-5-10(14-2)6-4-9/h3-6,11,13H,7-8H2,1-2H3. The minimum Gasteiger partial charge on any atom is -0.497 e. The van der Waals surface area contributed by atoms with Gasteiger partial charge in [0.1, 0.15) is 11.9 Å². The monoisotopic (exact) mass is 224 g/mol. The maximum atomic E-state index is 9.00. The van der Waals surface area contributed by atoms with Crippen molar-refractivity contribution in [1.29, 1.82) is 0 Å². The minimum atomic E-state index is -0.764. The summed E-state index contributed by atoms with van der Waals surface area (Å²) in [5.74, 6) is 0.0312. The van der Waals surface area contributed by atoms with Crippen LogP contribution in [0.1, 0.15) is 12.5 Å². The first-order chi connectivity index (χ1) is 7.68. The second-order valence-electron chi connectivity index (χ2n) is 3.91. The minimum absolute atomic E-state index is 0.0221. The molecule has 4 nitrogen and oxygen atoms in total. The van der Waals surface area contributed by atoms with Crippen molar-refractivity contribution < 1.29 is 19.3 Å². The van der Waals surface area contributed by atoms with Crippen LogP contribution in [0.15, 0.2) is 24.3 Å². The third-order valence-corrected chi connectivity index (χ3v) is 2.75. The Bertz CT molecular complexity index is 349. The molecule has 1 aromatic rings. The highest BCUT2D eigenvalue weighted by atomic mass is 16.7. The van der Waals surface area contributed by atoms with Gasteiger partial charge in [0.05, 0.1) is 20.3 Å². The first kappa shape index (κ1) is 11.4. The van der Waals surface area contributed by atoms with Gasteiger partial charge in [0.2, 0.25) is 0 Å². The SMILES string of the molecule is COc1ccc(C2(C)OCC(CO)O2)cc1. The lowest BCUT2D eigenvalue weighted by molar-refractivity contribution is -0.165. The normalized spacial score (nSPS) is 29.3. The summed E-state index contributed by atoms with van der Waals surface area (Å²) in [6.07, 6.45) is -0.243. The predicted molar refractivity (Wildman–Crippen MR) is 58.3 cm³/mol. The van der Waals surface area contributed by atoms with Gasteiger partial charge in [0.15, 0.2) is 5.79 Å². The average Bonchev–Trinajstić information content (AvgIpc) is 2.73. The van der Waals surface area contributed by atoms with Crippen molar-refractivity contribution in [2.75, 3.05) is 20.3 Å². The average molecular weight is 224 g/mol. The van der Waals surface area contributed by atoms with Crippen molar-refractivity contribution in [1.82, 2.24) is 0 Å². The summed E-state index contributed by atoms with van der Waals surface area (Å²) >= 11 is 0. The van der Waals surface area contributed by atoms with Gasteiger partial charge in [-0.05, 0) is 31.2 Å². The lowest BCUT2D eigenvalue weighted by atomic mass is 10.1. The Kier molecular flexibility index (Phi) is 3.14. The fraction of sp³-hybridized carbons (Fsp3) is 0.500. The number of ether oxygens (including phenoxy) is 3. The van der Waals surface area contributed by atoms with Gasteiger partial charge in [-0.25, -0.2) is 0 Å². The predicted octanol–water partition coefficient (Wildman–Crippen LogP) is 1.28. The molecule has 1 N–H and O–H groups in total. The Morgan fingerprint density at radius 2 is 2.12 bits per heavy atom. The summed E-state index contributed by atoms with van der Waals surface area (Å²) in [5, 5.41) is 9.00. The quantitative estimate of drug-likeness (QED) is 0.840. The maximum Gasteiger partial charge on any atom is 0.192 e. The van der Waals surface area contributed by atoms with Crippen molar-refractivity contribution in [2.45, 2.75) is 18.8 Å². The van der Waals surface area contributed by atoms with Crippen LogP contribution in [0.3, 0.4) is 0 Å².